The molecule has 154 valence electrons. The predicted molar refractivity (Wildman–Crippen MR) is 102 cm³/mol. The first kappa shape index (κ1) is 20.8. The van der Waals surface area contributed by atoms with Crippen molar-refractivity contribution < 1.29 is 13.2 Å². The van der Waals surface area contributed by atoms with Crippen LogP contribution < -0.4 is 15.8 Å². The second kappa shape index (κ2) is 8.24. The predicted octanol–water partition coefficient (Wildman–Crippen LogP) is 4.25. The minimum Gasteiger partial charge on any atom is -0.380 e. The molecule has 0 amide bonds. The summed E-state index contributed by atoms with van der Waals surface area (Å²) in [5.41, 5.74) is 7.69. The van der Waals surface area contributed by atoms with Crippen LogP contribution in [-0.4, -0.2) is 23.3 Å². The maximum absolute atomic E-state index is 13.3. The van der Waals surface area contributed by atoms with E-state index in [0.29, 0.717) is 30.0 Å². The number of halogens is 4. The highest BCUT2D eigenvalue weighted by Crippen LogP contribution is 2.35. The van der Waals surface area contributed by atoms with Crippen molar-refractivity contribution in [2.24, 2.45) is 5.11 Å². The van der Waals surface area contributed by atoms with E-state index in [1.165, 1.54) is 18.3 Å². The summed E-state index contributed by atoms with van der Waals surface area (Å²) in [6, 6.07) is 4.73. The number of nitrogens with one attached hydrogen (secondary N) is 3. The molecule has 0 bridgehead atoms. The van der Waals surface area contributed by atoms with E-state index in [0.717, 1.165) is 6.07 Å². The van der Waals surface area contributed by atoms with Crippen LogP contribution in [0.2, 0.25) is 5.02 Å². The average Bonchev–Trinajstić information content (AvgIpc) is 2.69. The molecular weight excluding hydrogens is 409 g/mol. The molecule has 3 N–H and O–H groups in total. The van der Waals surface area contributed by atoms with Crippen LogP contribution in [0.4, 0.5) is 18.9 Å². The van der Waals surface area contributed by atoms with Crippen molar-refractivity contribution in [3.63, 3.8) is 0 Å². The van der Waals surface area contributed by atoms with Crippen molar-refractivity contribution in [2.75, 3.05) is 18.0 Å². The number of hydrogen-bond donors (Lipinski definition) is 3. The van der Waals surface area contributed by atoms with Crippen LogP contribution in [0.3, 0.4) is 0 Å². The normalized spacial score (nSPS) is 16.0. The summed E-state index contributed by atoms with van der Waals surface area (Å²) in [5.74, 6) is 0. The lowest BCUT2D eigenvalue weighted by Crippen LogP contribution is -2.36. The number of anilines is 1. The summed E-state index contributed by atoms with van der Waals surface area (Å²) in [5, 5.41) is 12.5. The van der Waals surface area contributed by atoms with E-state index < -0.39 is 23.3 Å². The number of benzene rings is 1. The topological polar surface area (TPSA) is 97.2 Å². The third-order valence-corrected chi connectivity index (χ3v) is 5.06. The fraction of sp³-hybridized carbons (Fsp3) is 0.333. The Kier molecular flexibility index (Phi) is 5.92. The van der Waals surface area contributed by atoms with Gasteiger partial charge in [-0.3, -0.25) is 4.79 Å². The molecule has 1 aliphatic heterocycles. The first-order valence-corrected chi connectivity index (χ1v) is 9.10. The molecule has 0 fully saturated rings. The number of aromatic nitrogens is 2. The van der Waals surface area contributed by atoms with Crippen LogP contribution in [0.15, 0.2) is 51.8 Å². The third kappa shape index (κ3) is 4.42. The Morgan fingerprint density at radius 2 is 2.10 bits per heavy atom. The fourth-order valence-electron chi connectivity index (χ4n) is 3.28. The Labute approximate surface area is 169 Å². The quantitative estimate of drug-likeness (QED) is 0.623. The minimum absolute atomic E-state index is 0.0202. The third-order valence-electron chi connectivity index (χ3n) is 4.70. The van der Waals surface area contributed by atoms with E-state index >= 15 is 0 Å². The lowest BCUT2D eigenvalue weighted by atomic mass is 10.00. The molecular formula is C18H18ClF3N6O. The van der Waals surface area contributed by atoms with E-state index in [1.807, 2.05) is 0 Å². The number of nitrogens with zero attached hydrogens (tertiary/aromatic N) is 3. The largest absolute Gasteiger partial charge is 0.416 e. The molecule has 7 nitrogen and oxygen atoms in total. The summed E-state index contributed by atoms with van der Waals surface area (Å²) in [6.07, 6.45) is -2.66. The van der Waals surface area contributed by atoms with Gasteiger partial charge in [0, 0.05) is 24.7 Å². The Morgan fingerprint density at radius 1 is 1.38 bits per heavy atom. The summed E-state index contributed by atoms with van der Waals surface area (Å²) in [6.45, 7) is 2.23. The molecule has 1 aliphatic rings. The summed E-state index contributed by atoms with van der Waals surface area (Å²) in [7, 11) is 0. The van der Waals surface area contributed by atoms with Gasteiger partial charge in [0.05, 0.1) is 24.0 Å². The summed E-state index contributed by atoms with van der Waals surface area (Å²) >= 11 is 6.04. The van der Waals surface area contributed by atoms with Gasteiger partial charge in [0.1, 0.15) is 10.7 Å². The zero-order valence-electron chi connectivity index (χ0n) is 15.3. The van der Waals surface area contributed by atoms with E-state index in [1.54, 1.807) is 17.9 Å². The maximum Gasteiger partial charge on any atom is 0.416 e. The first-order chi connectivity index (χ1) is 13.7. The Balaban J connectivity index is 1.85. The standard InChI is InChI=1S/C18H18ClF3N6O/c1-10(11-4-2-3-5-12(11)18(20,21)22)25-13-6-7-28(9-14(13)26-23)15-8-24-27-17(29)16(15)19/h2-5,8,10,23,25H,6-7,9H2,1H3,(H,27,29)/t10-/m0/s1. The monoisotopic (exact) mass is 426 g/mol. The molecule has 0 unspecified atom stereocenters. The van der Waals surface area contributed by atoms with Gasteiger partial charge in [-0.15, -0.1) is 0 Å². The van der Waals surface area contributed by atoms with Crippen LogP contribution in [0.25, 0.3) is 0 Å². The summed E-state index contributed by atoms with van der Waals surface area (Å²) in [4.78, 5) is 13.4. The Morgan fingerprint density at radius 3 is 2.79 bits per heavy atom. The Hall–Kier alpha value is -2.88. The van der Waals surface area contributed by atoms with E-state index in [9.17, 15) is 18.0 Å². The van der Waals surface area contributed by atoms with E-state index in [4.69, 9.17) is 17.1 Å². The van der Waals surface area contributed by atoms with Gasteiger partial charge in [0.25, 0.3) is 5.56 Å². The van der Waals surface area contributed by atoms with Crippen LogP contribution in [0.1, 0.15) is 30.5 Å². The van der Waals surface area contributed by atoms with Gasteiger partial charge in [0.2, 0.25) is 0 Å². The highest BCUT2D eigenvalue weighted by Gasteiger charge is 2.34. The van der Waals surface area contributed by atoms with Gasteiger partial charge >= 0.3 is 6.18 Å². The second-order valence-electron chi connectivity index (χ2n) is 6.56. The fourth-order valence-corrected chi connectivity index (χ4v) is 3.49. The van der Waals surface area contributed by atoms with Crippen molar-refractivity contribution >= 4 is 17.3 Å². The minimum atomic E-state index is -4.46. The smallest absolute Gasteiger partial charge is 0.380 e. The molecule has 3 rings (SSSR count). The number of hydrogen-bond acceptors (Lipinski definition) is 6. The molecule has 0 saturated carbocycles. The lowest BCUT2D eigenvalue weighted by Gasteiger charge is -2.32. The van der Waals surface area contributed by atoms with Crippen LogP contribution in [0, 0.1) is 5.53 Å². The maximum atomic E-state index is 13.3. The van der Waals surface area contributed by atoms with Crippen molar-refractivity contribution in [2.45, 2.75) is 25.6 Å². The van der Waals surface area contributed by atoms with Gasteiger partial charge in [0.15, 0.2) is 0 Å². The van der Waals surface area contributed by atoms with Gasteiger partial charge in [-0.1, -0.05) is 29.8 Å². The molecule has 1 aromatic heterocycles. The van der Waals surface area contributed by atoms with Crippen molar-refractivity contribution in [1.29, 1.82) is 5.53 Å². The molecule has 0 radical (unpaired) electrons. The molecule has 0 saturated heterocycles. The second-order valence-corrected chi connectivity index (χ2v) is 6.94. The lowest BCUT2D eigenvalue weighted by molar-refractivity contribution is -0.138. The Bertz CT molecular complexity index is 1000. The number of alkyl halides is 3. The molecule has 29 heavy (non-hydrogen) atoms. The zero-order chi connectivity index (χ0) is 21.2. The summed E-state index contributed by atoms with van der Waals surface area (Å²) < 4.78 is 39.9. The zero-order valence-corrected chi connectivity index (χ0v) is 16.1. The van der Waals surface area contributed by atoms with Crippen LogP contribution >= 0.6 is 11.6 Å². The molecule has 1 aromatic carbocycles. The van der Waals surface area contributed by atoms with Gasteiger partial charge in [-0.25, -0.2) is 10.6 Å². The highest BCUT2D eigenvalue weighted by atomic mass is 35.5. The van der Waals surface area contributed by atoms with Crippen molar-refractivity contribution in [3.05, 3.63) is 68.4 Å². The number of rotatable bonds is 5. The molecule has 2 aromatic rings. The number of aromatic amines is 1. The molecule has 1 atom stereocenters. The molecule has 11 heteroatoms. The molecule has 2 heterocycles. The van der Waals surface area contributed by atoms with Crippen LogP contribution in [-0.2, 0) is 6.18 Å². The van der Waals surface area contributed by atoms with Gasteiger partial charge in [-0.05, 0) is 18.6 Å². The van der Waals surface area contributed by atoms with Crippen molar-refractivity contribution in [3.8, 4) is 0 Å². The highest BCUT2D eigenvalue weighted by molar-refractivity contribution is 6.33. The van der Waals surface area contributed by atoms with Crippen LogP contribution in [0.5, 0.6) is 0 Å². The van der Waals surface area contributed by atoms with Gasteiger partial charge in [-0.2, -0.15) is 23.4 Å². The van der Waals surface area contributed by atoms with Crippen molar-refractivity contribution in [1.82, 2.24) is 15.5 Å². The van der Waals surface area contributed by atoms with E-state index in [-0.39, 0.29) is 17.1 Å². The van der Waals surface area contributed by atoms with E-state index in [2.05, 4.69) is 20.6 Å². The SMILES string of the molecule is C[C@H](NC1=C(N=N)CN(c2cn[nH]c(=O)c2Cl)CC1)c1ccccc1C(F)(F)F. The number of H-pyrrole nitrogens is 1. The first-order valence-electron chi connectivity index (χ1n) is 8.72. The molecule has 0 aliphatic carbocycles. The average molecular weight is 427 g/mol. The van der Waals surface area contributed by atoms with Gasteiger partial charge < -0.3 is 10.2 Å². The molecule has 0 spiro atoms.